The van der Waals surface area contributed by atoms with E-state index >= 15 is 0 Å². The number of carboxylic acid groups (broad SMARTS) is 1. The lowest BCUT2D eigenvalue weighted by Gasteiger charge is -2.28. The van der Waals surface area contributed by atoms with E-state index in [0.29, 0.717) is 30.3 Å². The molecule has 1 heterocycles. The third kappa shape index (κ3) is 3.89. The van der Waals surface area contributed by atoms with E-state index < -0.39 is 12.0 Å². The Bertz CT molecular complexity index is 871. The summed E-state index contributed by atoms with van der Waals surface area (Å²) in [4.78, 5) is 35.5. The van der Waals surface area contributed by atoms with Crippen LogP contribution in [0.15, 0.2) is 29.1 Å². The van der Waals surface area contributed by atoms with Crippen molar-refractivity contribution >= 4 is 22.8 Å². The topological polar surface area (TPSA) is 114 Å². The number of carbonyl (C=O) groups is 2. The number of rotatable bonds is 5. The Labute approximate surface area is 150 Å². The normalized spacial score (nSPS) is 21.3. The second-order valence-corrected chi connectivity index (χ2v) is 6.88. The molecule has 0 saturated heterocycles. The molecule has 1 fully saturated rings. The predicted molar refractivity (Wildman–Crippen MR) is 94.5 cm³/mol. The van der Waals surface area contributed by atoms with Crippen molar-refractivity contribution in [2.75, 3.05) is 0 Å². The minimum atomic E-state index is -1.04. The standard InChI is InChI=1S/C18H22N4O4/c1-11(18(25)26)19-16(23)13-8-6-12(7-9-13)10-22-17(24)14-4-2-3-5-15(14)20-21-22/h2-5,11-13H,6-10H2,1H3,(H,19,23)(H,25,26)/t11-,12?,13?/m0/s1. The van der Waals surface area contributed by atoms with Gasteiger partial charge in [0.25, 0.3) is 5.56 Å². The summed E-state index contributed by atoms with van der Waals surface area (Å²) in [7, 11) is 0. The Balaban J connectivity index is 1.59. The third-order valence-corrected chi connectivity index (χ3v) is 5.01. The number of hydrogen-bond acceptors (Lipinski definition) is 5. The average Bonchev–Trinajstić information content (AvgIpc) is 2.64. The van der Waals surface area contributed by atoms with E-state index in [2.05, 4.69) is 15.6 Å². The molecule has 1 amide bonds. The monoisotopic (exact) mass is 358 g/mol. The number of aromatic nitrogens is 3. The largest absolute Gasteiger partial charge is 0.480 e. The van der Waals surface area contributed by atoms with Crippen molar-refractivity contribution in [3.8, 4) is 0 Å². The van der Waals surface area contributed by atoms with Crippen molar-refractivity contribution in [3.05, 3.63) is 34.6 Å². The first-order chi connectivity index (χ1) is 12.5. The van der Waals surface area contributed by atoms with E-state index in [4.69, 9.17) is 5.11 Å². The summed E-state index contributed by atoms with van der Waals surface area (Å²) in [5, 5.41) is 20.1. The van der Waals surface area contributed by atoms with Crippen LogP contribution in [-0.2, 0) is 16.1 Å². The molecule has 1 aromatic carbocycles. The molecule has 0 bridgehead atoms. The van der Waals surface area contributed by atoms with Crippen LogP contribution in [0.25, 0.3) is 10.9 Å². The first-order valence-corrected chi connectivity index (χ1v) is 8.81. The van der Waals surface area contributed by atoms with Crippen LogP contribution in [-0.4, -0.2) is 38.0 Å². The summed E-state index contributed by atoms with van der Waals surface area (Å²) in [6.45, 7) is 1.94. The number of nitrogens with zero attached hydrogens (tertiary/aromatic N) is 3. The zero-order valence-electron chi connectivity index (χ0n) is 14.6. The Morgan fingerprint density at radius 2 is 1.96 bits per heavy atom. The van der Waals surface area contributed by atoms with Crippen LogP contribution in [0, 0.1) is 11.8 Å². The summed E-state index contributed by atoms with van der Waals surface area (Å²) in [5.74, 6) is -1.17. The maximum absolute atomic E-state index is 12.5. The molecule has 1 aliphatic rings. The maximum atomic E-state index is 12.5. The first kappa shape index (κ1) is 18.0. The second-order valence-electron chi connectivity index (χ2n) is 6.88. The van der Waals surface area contributed by atoms with E-state index in [0.717, 1.165) is 12.8 Å². The first-order valence-electron chi connectivity index (χ1n) is 8.81. The Morgan fingerprint density at radius 3 is 2.65 bits per heavy atom. The van der Waals surface area contributed by atoms with E-state index in [1.807, 2.05) is 6.07 Å². The fraction of sp³-hybridized carbons (Fsp3) is 0.500. The fourth-order valence-electron chi connectivity index (χ4n) is 3.39. The number of aliphatic carboxylic acids is 1. The van der Waals surface area contributed by atoms with Gasteiger partial charge in [-0.25, -0.2) is 4.68 Å². The van der Waals surface area contributed by atoms with Crippen LogP contribution in [0.3, 0.4) is 0 Å². The molecule has 8 nitrogen and oxygen atoms in total. The molecule has 2 N–H and O–H groups in total. The second kappa shape index (κ2) is 7.63. The van der Waals surface area contributed by atoms with Gasteiger partial charge in [0.2, 0.25) is 5.91 Å². The molecule has 2 aromatic rings. The smallest absolute Gasteiger partial charge is 0.325 e. The number of fused-ring (bicyclic) bond motifs is 1. The summed E-state index contributed by atoms with van der Waals surface area (Å²) in [6, 6.07) is 6.24. The van der Waals surface area contributed by atoms with E-state index in [9.17, 15) is 14.4 Å². The van der Waals surface area contributed by atoms with Crippen LogP contribution in [0.4, 0.5) is 0 Å². The van der Waals surface area contributed by atoms with Gasteiger partial charge in [0, 0.05) is 12.5 Å². The van der Waals surface area contributed by atoms with Crippen LogP contribution in [0.2, 0.25) is 0 Å². The van der Waals surface area contributed by atoms with Crippen molar-refractivity contribution in [1.82, 2.24) is 20.3 Å². The summed E-state index contributed by atoms with van der Waals surface area (Å²) >= 11 is 0. The number of benzene rings is 1. The fourth-order valence-corrected chi connectivity index (χ4v) is 3.39. The van der Waals surface area contributed by atoms with Crippen LogP contribution >= 0.6 is 0 Å². The highest BCUT2D eigenvalue weighted by molar-refractivity contribution is 5.84. The lowest BCUT2D eigenvalue weighted by molar-refractivity contribution is -0.142. The molecule has 138 valence electrons. The van der Waals surface area contributed by atoms with E-state index in [-0.39, 0.29) is 23.3 Å². The number of carboxylic acids is 1. The van der Waals surface area contributed by atoms with Gasteiger partial charge in [-0.3, -0.25) is 14.4 Å². The van der Waals surface area contributed by atoms with Gasteiger partial charge in [0.1, 0.15) is 11.6 Å². The molecule has 0 unspecified atom stereocenters. The third-order valence-electron chi connectivity index (χ3n) is 5.01. The Hall–Kier alpha value is -2.77. The average molecular weight is 358 g/mol. The highest BCUT2D eigenvalue weighted by Gasteiger charge is 2.28. The molecule has 1 atom stereocenters. The molecule has 3 rings (SSSR count). The van der Waals surface area contributed by atoms with Crippen molar-refractivity contribution in [3.63, 3.8) is 0 Å². The van der Waals surface area contributed by atoms with Crippen molar-refractivity contribution in [1.29, 1.82) is 0 Å². The zero-order chi connectivity index (χ0) is 18.7. The highest BCUT2D eigenvalue weighted by atomic mass is 16.4. The SMILES string of the molecule is C[C@H](NC(=O)C1CCC(Cn2nnc3ccccc3c2=O)CC1)C(=O)O. The number of nitrogens with one attached hydrogen (secondary N) is 1. The zero-order valence-corrected chi connectivity index (χ0v) is 14.6. The molecular formula is C18H22N4O4. The minimum absolute atomic E-state index is 0.147. The van der Waals surface area contributed by atoms with Gasteiger partial charge in [-0.05, 0) is 50.7 Å². The molecule has 1 saturated carbocycles. The summed E-state index contributed by atoms with van der Waals surface area (Å²) < 4.78 is 1.40. The van der Waals surface area contributed by atoms with Crippen LogP contribution in [0.5, 0.6) is 0 Å². The van der Waals surface area contributed by atoms with Gasteiger partial charge >= 0.3 is 5.97 Å². The van der Waals surface area contributed by atoms with Gasteiger partial charge in [0.05, 0.1) is 5.39 Å². The number of carbonyl (C=O) groups excluding carboxylic acids is 1. The van der Waals surface area contributed by atoms with Gasteiger partial charge in [0.15, 0.2) is 0 Å². The molecule has 1 aromatic heterocycles. The van der Waals surface area contributed by atoms with Crippen LogP contribution in [0.1, 0.15) is 32.6 Å². The van der Waals surface area contributed by atoms with Crippen LogP contribution < -0.4 is 10.9 Å². The van der Waals surface area contributed by atoms with E-state index in [1.54, 1.807) is 18.2 Å². The molecule has 1 aliphatic carbocycles. The van der Waals surface area contributed by atoms with Gasteiger partial charge in [-0.1, -0.05) is 17.3 Å². The number of amides is 1. The molecule has 0 aliphatic heterocycles. The number of hydrogen-bond donors (Lipinski definition) is 2. The molecular weight excluding hydrogens is 336 g/mol. The molecule has 26 heavy (non-hydrogen) atoms. The quantitative estimate of drug-likeness (QED) is 0.830. The highest BCUT2D eigenvalue weighted by Crippen LogP contribution is 2.29. The lowest BCUT2D eigenvalue weighted by atomic mass is 9.81. The van der Waals surface area contributed by atoms with Gasteiger partial charge in [-0.15, -0.1) is 5.10 Å². The predicted octanol–water partition coefficient (Wildman–Crippen LogP) is 1.19. The van der Waals surface area contributed by atoms with Crippen molar-refractivity contribution < 1.29 is 14.7 Å². The van der Waals surface area contributed by atoms with E-state index in [1.165, 1.54) is 11.6 Å². The van der Waals surface area contributed by atoms with Gasteiger partial charge in [-0.2, -0.15) is 0 Å². The molecule has 8 heteroatoms. The van der Waals surface area contributed by atoms with Crippen molar-refractivity contribution in [2.24, 2.45) is 11.8 Å². The molecule has 0 spiro atoms. The molecule has 0 radical (unpaired) electrons. The minimum Gasteiger partial charge on any atom is -0.480 e. The lowest BCUT2D eigenvalue weighted by Crippen LogP contribution is -2.42. The summed E-state index contributed by atoms with van der Waals surface area (Å²) in [5.41, 5.74) is 0.437. The Kier molecular flexibility index (Phi) is 5.29. The maximum Gasteiger partial charge on any atom is 0.325 e. The Morgan fingerprint density at radius 1 is 1.27 bits per heavy atom. The van der Waals surface area contributed by atoms with Gasteiger partial charge < -0.3 is 10.4 Å². The van der Waals surface area contributed by atoms with Crippen molar-refractivity contribution in [2.45, 2.75) is 45.2 Å². The summed E-state index contributed by atoms with van der Waals surface area (Å²) in [6.07, 6.45) is 2.94.